The van der Waals surface area contributed by atoms with E-state index in [0.717, 1.165) is 29.4 Å². The van der Waals surface area contributed by atoms with Crippen LogP contribution in [0.1, 0.15) is 49.7 Å². The molecule has 0 spiro atoms. The minimum atomic E-state index is -0.431. The first-order valence-electron chi connectivity index (χ1n) is 9.79. The summed E-state index contributed by atoms with van der Waals surface area (Å²) in [5.74, 6) is 1.59. The third kappa shape index (κ3) is 3.13. The second-order valence-electron chi connectivity index (χ2n) is 8.97. The number of rotatable bonds is 3. The lowest BCUT2D eigenvalue weighted by molar-refractivity contribution is -0.136. The van der Waals surface area contributed by atoms with Crippen molar-refractivity contribution in [1.82, 2.24) is 0 Å². The molecule has 0 aromatic heterocycles. The molecule has 4 saturated carbocycles. The Morgan fingerprint density at radius 2 is 1.70 bits per heavy atom. The highest BCUT2D eigenvalue weighted by atomic mass is 79.9. The van der Waals surface area contributed by atoms with Crippen molar-refractivity contribution in [3.05, 3.63) is 58.1 Å². The first-order chi connectivity index (χ1) is 12.9. The van der Waals surface area contributed by atoms with Gasteiger partial charge in [-0.05, 0) is 91.7 Å². The monoisotopic (exact) mass is 425 g/mol. The van der Waals surface area contributed by atoms with Crippen LogP contribution < -0.4 is 0 Å². The van der Waals surface area contributed by atoms with Crippen LogP contribution in [0.2, 0.25) is 0 Å². The van der Waals surface area contributed by atoms with Crippen molar-refractivity contribution in [2.24, 2.45) is 16.8 Å². The van der Waals surface area contributed by atoms with Gasteiger partial charge >= 0.3 is 0 Å². The molecule has 4 aliphatic rings. The molecule has 6 rings (SSSR count). The average molecular weight is 426 g/mol. The van der Waals surface area contributed by atoms with Gasteiger partial charge in [-0.15, -0.1) is 0 Å². The Kier molecular flexibility index (Phi) is 3.99. The number of halogens is 1. The van der Waals surface area contributed by atoms with Gasteiger partial charge in [0.1, 0.15) is 5.75 Å². The van der Waals surface area contributed by atoms with E-state index in [9.17, 15) is 10.2 Å². The highest BCUT2D eigenvalue weighted by Crippen LogP contribution is 2.62. The lowest BCUT2D eigenvalue weighted by atomic mass is 9.46. The van der Waals surface area contributed by atoms with Gasteiger partial charge in [-0.3, -0.25) is 4.99 Å². The molecule has 4 bridgehead atoms. The molecular weight excluding hydrogens is 402 g/mol. The number of aliphatic imine (C=N–C) groups is 1. The molecule has 4 fully saturated rings. The number of phenols is 1. The summed E-state index contributed by atoms with van der Waals surface area (Å²) < 4.78 is 0.846. The fourth-order valence-corrected chi connectivity index (χ4v) is 6.57. The Hall–Kier alpha value is -1.65. The molecule has 2 N–H and O–H groups in total. The zero-order valence-electron chi connectivity index (χ0n) is 15.2. The van der Waals surface area contributed by atoms with Crippen molar-refractivity contribution in [3.8, 4) is 5.75 Å². The number of hydrogen-bond acceptors (Lipinski definition) is 3. The predicted octanol–water partition coefficient (Wildman–Crippen LogP) is 5.49. The smallest absolute Gasteiger partial charge is 0.125 e. The van der Waals surface area contributed by atoms with Crippen LogP contribution in [-0.4, -0.2) is 22.0 Å². The Balaban J connectivity index is 1.38. The first-order valence-corrected chi connectivity index (χ1v) is 10.6. The van der Waals surface area contributed by atoms with Crippen LogP contribution in [0.25, 0.3) is 0 Å². The summed E-state index contributed by atoms with van der Waals surface area (Å²) in [5.41, 5.74) is 2.67. The van der Waals surface area contributed by atoms with Gasteiger partial charge in [0.2, 0.25) is 0 Å². The summed E-state index contributed by atoms with van der Waals surface area (Å²) in [5, 5.41) is 21.0. The molecule has 3 nitrogen and oxygen atoms in total. The largest absolute Gasteiger partial charge is 0.507 e. The first kappa shape index (κ1) is 17.4. The standard InChI is InChI=1S/C23H24BrNO2/c24-19-4-1-17(21(26)8-19)13-25-20-5-2-18(3-6-20)22-9-15-7-16(10-22)12-23(27,11-15)14-22/h1-6,8,13,15-16,26-27H,7,9-12,14H2. The molecular formula is C23H24BrNO2. The maximum atomic E-state index is 11.0. The Labute approximate surface area is 168 Å². The van der Waals surface area contributed by atoms with Crippen molar-refractivity contribution < 1.29 is 10.2 Å². The average Bonchev–Trinajstić information content (AvgIpc) is 2.59. The van der Waals surface area contributed by atoms with Crippen molar-refractivity contribution >= 4 is 27.8 Å². The number of phenolic OH excluding ortho intramolecular Hbond substituents is 1. The molecule has 140 valence electrons. The van der Waals surface area contributed by atoms with E-state index in [-0.39, 0.29) is 11.2 Å². The SMILES string of the molecule is Oc1cc(Br)ccc1C=Nc1ccc(C23CC4CC(CC(O)(C4)C2)C3)cc1. The molecule has 0 radical (unpaired) electrons. The third-order valence-corrected chi connectivity index (χ3v) is 7.35. The van der Waals surface area contributed by atoms with E-state index in [4.69, 9.17) is 0 Å². The number of nitrogens with zero attached hydrogens (tertiary/aromatic N) is 1. The Morgan fingerprint density at radius 1 is 1.00 bits per heavy atom. The van der Waals surface area contributed by atoms with Crippen LogP contribution in [0.15, 0.2) is 51.9 Å². The van der Waals surface area contributed by atoms with Crippen molar-refractivity contribution in [2.45, 2.75) is 49.5 Å². The molecule has 2 aromatic rings. The van der Waals surface area contributed by atoms with Crippen molar-refractivity contribution in [3.63, 3.8) is 0 Å². The molecule has 0 aliphatic heterocycles. The molecule has 4 aliphatic carbocycles. The van der Waals surface area contributed by atoms with Crippen LogP contribution >= 0.6 is 15.9 Å². The molecule has 2 atom stereocenters. The van der Waals surface area contributed by atoms with E-state index in [1.54, 1.807) is 12.3 Å². The minimum Gasteiger partial charge on any atom is -0.507 e. The van der Waals surface area contributed by atoms with E-state index < -0.39 is 5.60 Å². The van der Waals surface area contributed by atoms with Crippen molar-refractivity contribution in [2.75, 3.05) is 0 Å². The summed E-state index contributed by atoms with van der Waals surface area (Å²) in [6.07, 6.45) is 8.38. The molecule has 27 heavy (non-hydrogen) atoms. The lowest BCUT2D eigenvalue weighted by Gasteiger charge is -2.60. The van der Waals surface area contributed by atoms with Crippen LogP contribution in [-0.2, 0) is 5.41 Å². The topological polar surface area (TPSA) is 52.8 Å². The lowest BCUT2D eigenvalue weighted by Crippen LogP contribution is -2.57. The summed E-state index contributed by atoms with van der Waals surface area (Å²) in [7, 11) is 0. The zero-order valence-corrected chi connectivity index (χ0v) is 16.8. The summed E-state index contributed by atoms with van der Waals surface area (Å²) in [6, 6.07) is 13.9. The van der Waals surface area contributed by atoms with Crippen LogP contribution in [0.4, 0.5) is 5.69 Å². The molecule has 0 heterocycles. The number of hydrogen-bond donors (Lipinski definition) is 2. The maximum absolute atomic E-state index is 11.0. The fourth-order valence-electron chi connectivity index (χ4n) is 6.22. The molecule has 0 amide bonds. The summed E-state index contributed by atoms with van der Waals surface area (Å²) >= 11 is 3.35. The van der Waals surface area contributed by atoms with Crippen LogP contribution in [0.3, 0.4) is 0 Å². The normalized spacial score (nSPS) is 34.4. The van der Waals surface area contributed by atoms with E-state index in [2.05, 4.69) is 45.2 Å². The second-order valence-corrected chi connectivity index (χ2v) is 9.89. The highest BCUT2D eigenvalue weighted by Gasteiger charge is 2.57. The van der Waals surface area contributed by atoms with E-state index in [1.807, 2.05) is 12.1 Å². The van der Waals surface area contributed by atoms with Gasteiger partial charge in [-0.25, -0.2) is 0 Å². The number of aromatic hydroxyl groups is 1. The van der Waals surface area contributed by atoms with Gasteiger partial charge in [-0.1, -0.05) is 28.1 Å². The third-order valence-electron chi connectivity index (χ3n) is 6.86. The molecule has 2 aromatic carbocycles. The summed E-state index contributed by atoms with van der Waals surface area (Å²) in [6.45, 7) is 0. The Bertz CT molecular complexity index is 891. The number of benzene rings is 2. The maximum Gasteiger partial charge on any atom is 0.125 e. The van der Waals surface area contributed by atoms with Gasteiger partial charge < -0.3 is 10.2 Å². The van der Waals surface area contributed by atoms with Crippen LogP contribution in [0.5, 0.6) is 5.75 Å². The molecule has 4 heteroatoms. The zero-order chi connectivity index (χ0) is 18.6. The van der Waals surface area contributed by atoms with E-state index in [1.165, 1.54) is 24.8 Å². The van der Waals surface area contributed by atoms with Gasteiger partial charge in [0.25, 0.3) is 0 Å². The van der Waals surface area contributed by atoms with Crippen molar-refractivity contribution in [1.29, 1.82) is 0 Å². The Morgan fingerprint density at radius 3 is 2.33 bits per heavy atom. The molecule has 0 saturated heterocycles. The second kappa shape index (κ2) is 6.18. The minimum absolute atomic E-state index is 0.158. The van der Waals surface area contributed by atoms with E-state index in [0.29, 0.717) is 17.4 Å². The van der Waals surface area contributed by atoms with Gasteiger partial charge in [0.15, 0.2) is 0 Å². The van der Waals surface area contributed by atoms with Gasteiger partial charge in [-0.2, -0.15) is 0 Å². The van der Waals surface area contributed by atoms with Crippen LogP contribution in [0, 0.1) is 11.8 Å². The van der Waals surface area contributed by atoms with E-state index >= 15 is 0 Å². The quantitative estimate of drug-likeness (QED) is 0.638. The predicted molar refractivity (Wildman–Crippen MR) is 111 cm³/mol. The fraction of sp³-hybridized carbons (Fsp3) is 0.435. The number of aliphatic hydroxyl groups is 1. The highest BCUT2D eigenvalue weighted by molar-refractivity contribution is 9.10. The van der Waals surface area contributed by atoms with Gasteiger partial charge in [0, 0.05) is 16.3 Å². The summed E-state index contributed by atoms with van der Waals surface area (Å²) in [4.78, 5) is 4.52. The molecule has 2 unspecified atom stereocenters. The van der Waals surface area contributed by atoms with Gasteiger partial charge in [0.05, 0.1) is 11.3 Å².